The molecule has 3 aromatic rings. The zero-order chi connectivity index (χ0) is 22.8. The van der Waals surface area contributed by atoms with E-state index in [1.54, 1.807) is 17.0 Å². The second kappa shape index (κ2) is 11.8. The van der Waals surface area contributed by atoms with Gasteiger partial charge in [-0.15, -0.1) is 0 Å². The zero-order valence-electron chi connectivity index (χ0n) is 18.3. The molecule has 4 nitrogen and oxygen atoms in total. The van der Waals surface area contributed by atoms with Crippen LogP contribution in [0.3, 0.4) is 0 Å². The van der Waals surface area contributed by atoms with Crippen molar-refractivity contribution in [3.63, 3.8) is 0 Å². The van der Waals surface area contributed by atoms with Crippen LogP contribution in [-0.4, -0.2) is 29.3 Å². The van der Waals surface area contributed by atoms with Crippen LogP contribution in [-0.2, 0) is 29.0 Å². The summed E-state index contributed by atoms with van der Waals surface area (Å²) in [5, 5.41) is 2.95. The molecule has 3 rings (SSSR count). The van der Waals surface area contributed by atoms with E-state index in [-0.39, 0.29) is 30.6 Å². The molecule has 1 N–H and O–H groups in total. The van der Waals surface area contributed by atoms with Gasteiger partial charge in [-0.3, -0.25) is 9.59 Å². The molecule has 0 aliphatic heterocycles. The van der Waals surface area contributed by atoms with Crippen molar-refractivity contribution in [3.8, 4) is 0 Å². The lowest BCUT2D eigenvalue weighted by atomic mass is 10.0. The molecular formula is C27H29FN2O2. The molecular weight excluding hydrogens is 403 g/mol. The quantitative estimate of drug-likeness (QED) is 0.512. The third-order valence-electron chi connectivity index (χ3n) is 5.28. The predicted molar refractivity (Wildman–Crippen MR) is 124 cm³/mol. The molecule has 0 spiro atoms. The van der Waals surface area contributed by atoms with Crippen LogP contribution in [0, 0.1) is 5.82 Å². The number of nitrogens with zero attached hydrogens (tertiary/aromatic N) is 1. The smallest absolute Gasteiger partial charge is 0.243 e. The minimum atomic E-state index is -0.676. The van der Waals surface area contributed by atoms with Gasteiger partial charge in [0.15, 0.2) is 0 Å². The number of carbonyl (C=O) groups is 2. The standard InChI is InChI=1S/C27H29FN2O2/c1-2-17-29-27(32)25(18-21-9-5-3-6-10-21)30(20-23-13-15-24(28)16-14-23)26(31)19-22-11-7-4-8-12-22/h3-16,25H,2,17-20H2,1H3,(H,29,32)/t25-/m0/s1. The van der Waals surface area contributed by atoms with E-state index >= 15 is 0 Å². The first-order valence-electron chi connectivity index (χ1n) is 11.0. The van der Waals surface area contributed by atoms with Crippen LogP contribution in [0.25, 0.3) is 0 Å². The van der Waals surface area contributed by atoms with Gasteiger partial charge in [0.2, 0.25) is 11.8 Å². The molecule has 166 valence electrons. The minimum Gasteiger partial charge on any atom is -0.354 e. The normalized spacial score (nSPS) is 11.6. The lowest BCUT2D eigenvalue weighted by Crippen LogP contribution is -2.51. The topological polar surface area (TPSA) is 49.4 Å². The van der Waals surface area contributed by atoms with Crippen LogP contribution >= 0.6 is 0 Å². The van der Waals surface area contributed by atoms with Crippen molar-refractivity contribution in [1.29, 1.82) is 0 Å². The Kier molecular flexibility index (Phi) is 8.55. The monoisotopic (exact) mass is 432 g/mol. The van der Waals surface area contributed by atoms with Crippen LogP contribution in [0.2, 0.25) is 0 Å². The number of nitrogens with one attached hydrogen (secondary N) is 1. The molecule has 32 heavy (non-hydrogen) atoms. The highest BCUT2D eigenvalue weighted by atomic mass is 19.1. The molecule has 0 fully saturated rings. The second-order valence-corrected chi connectivity index (χ2v) is 7.81. The first-order valence-corrected chi connectivity index (χ1v) is 11.0. The van der Waals surface area contributed by atoms with Gasteiger partial charge in [-0.2, -0.15) is 0 Å². The maximum absolute atomic E-state index is 13.5. The first-order chi connectivity index (χ1) is 15.6. The molecule has 0 aliphatic carbocycles. The van der Waals surface area contributed by atoms with Crippen LogP contribution in [0.1, 0.15) is 30.0 Å². The highest BCUT2D eigenvalue weighted by molar-refractivity contribution is 5.88. The molecule has 0 aromatic heterocycles. The predicted octanol–water partition coefficient (Wildman–Crippen LogP) is 4.53. The maximum Gasteiger partial charge on any atom is 0.243 e. The third-order valence-corrected chi connectivity index (χ3v) is 5.28. The van der Waals surface area contributed by atoms with Crippen molar-refractivity contribution in [2.75, 3.05) is 6.54 Å². The molecule has 0 aliphatic rings. The van der Waals surface area contributed by atoms with Crippen LogP contribution < -0.4 is 5.32 Å². The molecule has 1 atom stereocenters. The van der Waals surface area contributed by atoms with Gasteiger partial charge in [0.1, 0.15) is 11.9 Å². The van der Waals surface area contributed by atoms with Gasteiger partial charge in [-0.1, -0.05) is 79.7 Å². The fourth-order valence-electron chi connectivity index (χ4n) is 3.58. The highest BCUT2D eigenvalue weighted by Crippen LogP contribution is 2.17. The summed E-state index contributed by atoms with van der Waals surface area (Å²) in [5.74, 6) is -0.662. The van der Waals surface area contributed by atoms with Gasteiger partial charge in [0.05, 0.1) is 6.42 Å². The molecule has 0 saturated heterocycles. The second-order valence-electron chi connectivity index (χ2n) is 7.81. The Morgan fingerprint density at radius 3 is 2.03 bits per heavy atom. The maximum atomic E-state index is 13.5. The summed E-state index contributed by atoms with van der Waals surface area (Å²) in [7, 11) is 0. The number of amides is 2. The van der Waals surface area contributed by atoms with E-state index in [1.165, 1.54) is 12.1 Å². The molecule has 0 heterocycles. The van der Waals surface area contributed by atoms with E-state index in [9.17, 15) is 14.0 Å². The molecule has 0 saturated carbocycles. The Bertz CT molecular complexity index is 991. The SMILES string of the molecule is CCCNC(=O)[C@H](Cc1ccccc1)N(Cc1ccc(F)cc1)C(=O)Cc1ccccc1. The number of hydrogen-bond acceptors (Lipinski definition) is 2. The van der Waals surface area contributed by atoms with E-state index in [1.807, 2.05) is 67.6 Å². The number of halogens is 1. The van der Waals surface area contributed by atoms with E-state index in [4.69, 9.17) is 0 Å². The van der Waals surface area contributed by atoms with Crippen molar-refractivity contribution < 1.29 is 14.0 Å². The molecule has 3 aromatic carbocycles. The summed E-state index contributed by atoms with van der Waals surface area (Å²) in [6.07, 6.45) is 1.40. The lowest BCUT2D eigenvalue weighted by molar-refractivity contribution is -0.140. The van der Waals surface area contributed by atoms with Crippen molar-refractivity contribution in [2.45, 2.75) is 38.8 Å². The van der Waals surface area contributed by atoms with E-state index < -0.39 is 6.04 Å². The summed E-state index contributed by atoms with van der Waals surface area (Å²) >= 11 is 0. The number of benzene rings is 3. The van der Waals surface area contributed by atoms with E-state index in [0.29, 0.717) is 13.0 Å². The number of hydrogen-bond donors (Lipinski definition) is 1. The Hall–Kier alpha value is -3.47. The Balaban J connectivity index is 1.93. The largest absolute Gasteiger partial charge is 0.354 e. The van der Waals surface area contributed by atoms with Gasteiger partial charge in [0.25, 0.3) is 0 Å². The van der Waals surface area contributed by atoms with Crippen molar-refractivity contribution in [1.82, 2.24) is 10.2 Å². The first kappa shape index (κ1) is 23.2. The van der Waals surface area contributed by atoms with Crippen LogP contribution in [0.15, 0.2) is 84.9 Å². The van der Waals surface area contributed by atoms with Crippen LogP contribution in [0.5, 0.6) is 0 Å². The summed E-state index contributed by atoms with van der Waals surface area (Å²) in [5.41, 5.74) is 2.63. The van der Waals surface area contributed by atoms with Crippen molar-refractivity contribution >= 4 is 11.8 Å². The molecule has 0 bridgehead atoms. The summed E-state index contributed by atoms with van der Waals surface area (Å²) < 4.78 is 13.4. The van der Waals surface area contributed by atoms with E-state index in [0.717, 1.165) is 23.1 Å². The fourth-order valence-corrected chi connectivity index (χ4v) is 3.58. The summed E-state index contributed by atoms with van der Waals surface area (Å²) in [6.45, 7) is 2.76. The van der Waals surface area contributed by atoms with Crippen molar-refractivity contribution in [3.05, 3.63) is 107 Å². The Morgan fingerprint density at radius 2 is 1.44 bits per heavy atom. The van der Waals surface area contributed by atoms with Gasteiger partial charge in [0, 0.05) is 19.5 Å². The highest BCUT2D eigenvalue weighted by Gasteiger charge is 2.30. The molecule has 0 unspecified atom stereocenters. The minimum absolute atomic E-state index is 0.145. The Labute approximate surface area is 189 Å². The fraction of sp³-hybridized carbons (Fsp3) is 0.259. The van der Waals surface area contributed by atoms with Gasteiger partial charge in [-0.25, -0.2) is 4.39 Å². The number of rotatable bonds is 10. The van der Waals surface area contributed by atoms with Crippen LogP contribution in [0.4, 0.5) is 4.39 Å². The average Bonchev–Trinajstić information content (AvgIpc) is 2.82. The molecule has 0 radical (unpaired) electrons. The van der Waals surface area contributed by atoms with Gasteiger partial charge < -0.3 is 10.2 Å². The summed E-state index contributed by atoms with van der Waals surface area (Å²) in [6, 6.07) is 24.5. The van der Waals surface area contributed by atoms with Gasteiger partial charge >= 0.3 is 0 Å². The van der Waals surface area contributed by atoms with E-state index in [2.05, 4.69) is 5.32 Å². The summed E-state index contributed by atoms with van der Waals surface area (Å²) in [4.78, 5) is 28.3. The lowest BCUT2D eigenvalue weighted by Gasteiger charge is -2.31. The van der Waals surface area contributed by atoms with Crippen molar-refractivity contribution in [2.24, 2.45) is 0 Å². The molecule has 5 heteroatoms. The Morgan fingerprint density at radius 1 is 0.844 bits per heavy atom. The average molecular weight is 433 g/mol. The zero-order valence-corrected chi connectivity index (χ0v) is 18.3. The number of carbonyl (C=O) groups excluding carboxylic acids is 2. The molecule has 2 amide bonds. The third kappa shape index (κ3) is 6.77. The van der Waals surface area contributed by atoms with Gasteiger partial charge in [-0.05, 0) is 35.2 Å².